The second kappa shape index (κ2) is 4.57. The standard InChI is InChI=1S/C12H20N2O2/c1-10-6-13-8-12(2,15)9-14(10)7-11-4-3-5-16-11/h3-5,10,13,15H,6-9H2,1-2H3. The van der Waals surface area contributed by atoms with Crippen molar-refractivity contribution in [3.8, 4) is 0 Å². The first kappa shape index (κ1) is 11.6. The predicted octanol–water partition coefficient (Wildman–Crippen LogP) is 0.824. The van der Waals surface area contributed by atoms with Gasteiger partial charge < -0.3 is 14.8 Å². The van der Waals surface area contributed by atoms with Gasteiger partial charge in [-0.3, -0.25) is 4.90 Å². The number of hydrogen-bond acceptors (Lipinski definition) is 4. The van der Waals surface area contributed by atoms with E-state index in [1.807, 2.05) is 19.1 Å². The van der Waals surface area contributed by atoms with Crippen LogP contribution in [0.1, 0.15) is 19.6 Å². The van der Waals surface area contributed by atoms with Crippen LogP contribution < -0.4 is 5.32 Å². The maximum absolute atomic E-state index is 10.1. The monoisotopic (exact) mass is 224 g/mol. The largest absolute Gasteiger partial charge is 0.468 e. The van der Waals surface area contributed by atoms with Crippen LogP contribution in [-0.4, -0.2) is 41.3 Å². The summed E-state index contributed by atoms with van der Waals surface area (Å²) >= 11 is 0. The minimum atomic E-state index is -0.669. The van der Waals surface area contributed by atoms with Crippen molar-refractivity contribution < 1.29 is 9.52 Å². The maximum Gasteiger partial charge on any atom is 0.117 e. The van der Waals surface area contributed by atoms with Crippen molar-refractivity contribution in [2.24, 2.45) is 0 Å². The summed E-state index contributed by atoms with van der Waals surface area (Å²) in [6, 6.07) is 4.27. The molecule has 4 heteroatoms. The number of aliphatic hydroxyl groups is 1. The third-order valence-electron chi connectivity index (χ3n) is 3.05. The van der Waals surface area contributed by atoms with E-state index in [4.69, 9.17) is 4.42 Å². The normalized spacial score (nSPS) is 32.6. The average molecular weight is 224 g/mol. The SMILES string of the molecule is CC1CNCC(C)(O)CN1Cc1ccco1. The molecule has 1 aliphatic rings. The summed E-state index contributed by atoms with van der Waals surface area (Å²) in [6.45, 7) is 7.00. The van der Waals surface area contributed by atoms with Crippen LogP contribution >= 0.6 is 0 Å². The number of hydrogen-bond donors (Lipinski definition) is 2. The molecule has 0 amide bonds. The van der Waals surface area contributed by atoms with Crippen LogP contribution in [0, 0.1) is 0 Å². The van der Waals surface area contributed by atoms with Crippen LogP contribution in [0.3, 0.4) is 0 Å². The van der Waals surface area contributed by atoms with Crippen molar-refractivity contribution in [2.45, 2.75) is 32.0 Å². The van der Waals surface area contributed by atoms with Gasteiger partial charge in [0, 0.05) is 25.7 Å². The Bertz CT molecular complexity index is 322. The molecule has 2 N–H and O–H groups in total. The molecule has 0 aliphatic carbocycles. The van der Waals surface area contributed by atoms with Gasteiger partial charge in [0.1, 0.15) is 5.76 Å². The first-order chi connectivity index (χ1) is 7.57. The Hall–Kier alpha value is -0.840. The molecule has 4 nitrogen and oxygen atoms in total. The zero-order chi connectivity index (χ0) is 11.6. The van der Waals surface area contributed by atoms with Gasteiger partial charge in [-0.15, -0.1) is 0 Å². The second-order valence-corrected chi connectivity index (χ2v) is 4.96. The fourth-order valence-electron chi connectivity index (χ4n) is 2.14. The Morgan fingerprint density at radius 2 is 2.50 bits per heavy atom. The van der Waals surface area contributed by atoms with Crippen molar-refractivity contribution in [2.75, 3.05) is 19.6 Å². The number of β-amino-alcohol motifs (C(OH)–C–C–N with tert-alkyl or cyclic N) is 1. The van der Waals surface area contributed by atoms with Gasteiger partial charge in [0.05, 0.1) is 18.4 Å². The molecule has 0 aromatic carbocycles. The van der Waals surface area contributed by atoms with Gasteiger partial charge in [0.25, 0.3) is 0 Å². The Morgan fingerprint density at radius 1 is 1.69 bits per heavy atom. The fourth-order valence-corrected chi connectivity index (χ4v) is 2.14. The predicted molar refractivity (Wildman–Crippen MR) is 62.1 cm³/mol. The van der Waals surface area contributed by atoms with E-state index in [2.05, 4.69) is 17.1 Å². The number of nitrogens with one attached hydrogen (secondary N) is 1. The molecule has 1 aliphatic heterocycles. The topological polar surface area (TPSA) is 48.6 Å². The first-order valence-corrected chi connectivity index (χ1v) is 5.76. The minimum absolute atomic E-state index is 0.402. The lowest BCUT2D eigenvalue weighted by Gasteiger charge is -2.30. The summed E-state index contributed by atoms with van der Waals surface area (Å²) in [7, 11) is 0. The summed E-state index contributed by atoms with van der Waals surface area (Å²) in [5.41, 5.74) is -0.669. The Labute approximate surface area is 96.2 Å². The van der Waals surface area contributed by atoms with E-state index in [1.54, 1.807) is 6.26 Å². The van der Waals surface area contributed by atoms with Gasteiger partial charge in [-0.05, 0) is 26.0 Å². The van der Waals surface area contributed by atoms with E-state index in [0.29, 0.717) is 19.1 Å². The molecule has 0 radical (unpaired) electrons. The van der Waals surface area contributed by atoms with E-state index < -0.39 is 5.60 Å². The molecule has 1 aromatic rings. The highest BCUT2D eigenvalue weighted by molar-refractivity contribution is 4.99. The third-order valence-corrected chi connectivity index (χ3v) is 3.05. The summed E-state index contributed by atoms with van der Waals surface area (Å²) < 4.78 is 5.35. The van der Waals surface area contributed by atoms with Gasteiger partial charge in [-0.25, -0.2) is 0 Å². The Kier molecular flexibility index (Phi) is 3.33. The third kappa shape index (κ3) is 2.84. The molecule has 1 aromatic heterocycles. The molecule has 1 saturated heterocycles. The summed E-state index contributed by atoms with van der Waals surface area (Å²) in [4.78, 5) is 2.25. The minimum Gasteiger partial charge on any atom is -0.468 e. The second-order valence-electron chi connectivity index (χ2n) is 4.96. The Balaban J connectivity index is 2.05. The lowest BCUT2D eigenvalue weighted by Crippen LogP contribution is -2.44. The van der Waals surface area contributed by atoms with E-state index >= 15 is 0 Å². The van der Waals surface area contributed by atoms with Gasteiger partial charge in [-0.1, -0.05) is 0 Å². The van der Waals surface area contributed by atoms with Crippen molar-refractivity contribution >= 4 is 0 Å². The zero-order valence-corrected chi connectivity index (χ0v) is 9.94. The molecule has 1 fully saturated rings. The molecule has 2 heterocycles. The van der Waals surface area contributed by atoms with Crippen molar-refractivity contribution in [3.05, 3.63) is 24.2 Å². The van der Waals surface area contributed by atoms with E-state index in [0.717, 1.165) is 18.8 Å². The van der Waals surface area contributed by atoms with E-state index in [-0.39, 0.29) is 0 Å². The van der Waals surface area contributed by atoms with Crippen molar-refractivity contribution in [3.63, 3.8) is 0 Å². The number of nitrogens with zero attached hydrogens (tertiary/aromatic N) is 1. The summed E-state index contributed by atoms with van der Waals surface area (Å²) in [6.07, 6.45) is 1.69. The van der Waals surface area contributed by atoms with Crippen LogP contribution in [0.25, 0.3) is 0 Å². The van der Waals surface area contributed by atoms with Crippen molar-refractivity contribution in [1.29, 1.82) is 0 Å². The maximum atomic E-state index is 10.1. The van der Waals surface area contributed by atoms with E-state index in [1.165, 1.54) is 0 Å². The number of rotatable bonds is 2. The Morgan fingerprint density at radius 3 is 3.19 bits per heavy atom. The molecule has 2 atom stereocenters. The smallest absolute Gasteiger partial charge is 0.117 e. The first-order valence-electron chi connectivity index (χ1n) is 5.76. The molecule has 0 saturated carbocycles. The fraction of sp³-hybridized carbons (Fsp3) is 0.667. The summed E-state index contributed by atoms with van der Waals surface area (Å²) in [5.74, 6) is 0.949. The molecule has 2 unspecified atom stereocenters. The van der Waals surface area contributed by atoms with Crippen LogP contribution in [0.2, 0.25) is 0 Å². The highest BCUT2D eigenvalue weighted by Gasteiger charge is 2.30. The van der Waals surface area contributed by atoms with Crippen LogP contribution in [-0.2, 0) is 6.54 Å². The molecule has 90 valence electrons. The molecule has 0 spiro atoms. The van der Waals surface area contributed by atoms with Gasteiger partial charge in [0.15, 0.2) is 0 Å². The van der Waals surface area contributed by atoms with Crippen LogP contribution in [0.5, 0.6) is 0 Å². The molecular weight excluding hydrogens is 204 g/mol. The molecular formula is C12H20N2O2. The zero-order valence-electron chi connectivity index (χ0n) is 9.94. The highest BCUT2D eigenvalue weighted by Crippen LogP contribution is 2.16. The van der Waals surface area contributed by atoms with Gasteiger partial charge in [-0.2, -0.15) is 0 Å². The van der Waals surface area contributed by atoms with Crippen molar-refractivity contribution in [1.82, 2.24) is 10.2 Å². The number of furan rings is 1. The molecule has 16 heavy (non-hydrogen) atoms. The van der Waals surface area contributed by atoms with Gasteiger partial charge >= 0.3 is 0 Å². The van der Waals surface area contributed by atoms with Crippen LogP contribution in [0.4, 0.5) is 0 Å². The summed E-state index contributed by atoms with van der Waals surface area (Å²) in [5, 5.41) is 13.4. The highest BCUT2D eigenvalue weighted by atomic mass is 16.3. The van der Waals surface area contributed by atoms with Crippen LogP contribution in [0.15, 0.2) is 22.8 Å². The lowest BCUT2D eigenvalue weighted by atomic mass is 10.1. The molecule has 2 rings (SSSR count). The lowest BCUT2D eigenvalue weighted by molar-refractivity contribution is 0.0218. The molecule has 0 bridgehead atoms. The van der Waals surface area contributed by atoms with Gasteiger partial charge in [0.2, 0.25) is 0 Å². The quantitative estimate of drug-likeness (QED) is 0.781. The van der Waals surface area contributed by atoms with E-state index in [9.17, 15) is 5.11 Å². The average Bonchev–Trinajstić information content (AvgIpc) is 2.64.